The lowest BCUT2D eigenvalue weighted by atomic mass is 9.82. The second kappa shape index (κ2) is 6.46. The van der Waals surface area contributed by atoms with E-state index in [0.717, 1.165) is 54.9 Å². The van der Waals surface area contributed by atoms with Crippen molar-refractivity contribution in [3.8, 4) is 11.3 Å². The molecule has 5 heteroatoms. The summed E-state index contributed by atoms with van der Waals surface area (Å²) in [6.45, 7) is 1.86. The van der Waals surface area contributed by atoms with Crippen molar-refractivity contribution in [2.75, 3.05) is 5.32 Å². The Morgan fingerprint density at radius 2 is 2.00 bits per heavy atom. The lowest BCUT2D eigenvalue weighted by molar-refractivity contribution is -0.122. The summed E-state index contributed by atoms with van der Waals surface area (Å²) in [4.78, 5) is 21.1. The number of rotatable bonds is 3. The fourth-order valence-corrected chi connectivity index (χ4v) is 3.04. The number of nitrogens with two attached hydrogens (primary N) is 1. The number of hydrogen-bond donors (Lipinski definition) is 2. The van der Waals surface area contributed by atoms with E-state index in [2.05, 4.69) is 15.3 Å². The van der Waals surface area contributed by atoms with E-state index >= 15 is 0 Å². The van der Waals surface area contributed by atoms with Crippen LogP contribution in [0.25, 0.3) is 11.3 Å². The minimum absolute atomic E-state index is 0.0896. The zero-order valence-corrected chi connectivity index (χ0v) is 13.4. The summed E-state index contributed by atoms with van der Waals surface area (Å²) in [5.74, 6) is 0.633. The predicted octanol–water partition coefficient (Wildman–Crippen LogP) is 3.05. The van der Waals surface area contributed by atoms with E-state index in [0.29, 0.717) is 0 Å². The van der Waals surface area contributed by atoms with Crippen LogP contribution in [0.1, 0.15) is 37.9 Å². The maximum atomic E-state index is 12.5. The van der Waals surface area contributed by atoms with Gasteiger partial charge in [0.05, 0.1) is 11.2 Å². The quantitative estimate of drug-likeness (QED) is 0.913. The molecule has 120 valence electrons. The van der Waals surface area contributed by atoms with Gasteiger partial charge in [-0.15, -0.1) is 0 Å². The van der Waals surface area contributed by atoms with Crippen molar-refractivity contribution >= 4 is 11.6 Å². The summed E-state index contributed by atoms with van der Waals surface area (Å²) >= 11 is 0. The number of aryl methyl sites for hydroxylation is 1. The monoisotopic (exact) mass is 310 g/mol. The molecular weight excluding hydrogens is 288 g/mol. The molecule has 1 aromatic heterocycles. The van der Waals surface area contributed by atoms with E-state index in [1.54, 1.807) is 6.20 Å². The average molecular weight is 310 g/mol. The minimum atomic E-state index is -0.736. The average Bonchev–Trinajstić information content (AvgIpc) is 2.56. The summed E-state index contributed by atoms with van der Waals surface area (Å²) in [5, 5.41) is 2.97. The second-order valence-corrected chi connectivity index (χ2v) is 6.24. The Kier molecular flexibility index (Phi) is 4.39. The molecule has 23 heavy (non-hydrogen) atoms. The van der Waals surface area contributed by atoms with Crippen LogP contribution in [0.15, 0.2) is 36.5 Å². The molecule has 2 aromatic rings. The van der Waals surface area contributed by atoms with E-state index in [1.807, 2.05) is 37.3 Å². The first-order valence-electron chi connectivity index (χ1n) is 8.07. The van der Waals surface area contributed by atoms with Gasteiger partial charge in [-0.3, -0.25) is 4.79 Å². The van der Waals surface area contributed by atoms with Gasteiger partial charge in [0.2, 0.25) is 5.91 Å². The van der Waals surface area contributed by atoms with Crippen LogP contribution in [0.4, 0.5) is 5.69 Å². The Bertz CT molecular complexity index is 708. The Morgan fingerprint density at radius 1 is 1.22 bits per heavy atom. The van der Waals surface area contributed by atoms with Gasteiger partial charge in [-0.05, 0) is 38.0 Å². The number of hydrogen-bond acceptors (Lipinski definition) is 4. The molecule has 0 radical (unpaired) electrons. The van der Waals surface area contributed by atoms with Crippen molar-refractivity contribution in [1.82, 2.24) is 9.97 Å². The van der Waals surface area contributed by atoms with Gasteiger partial charge in [0.25, 0.3) is 0 Å². The van der Waals surface area contributed by atoms with E-state index in [1.165, 1.54) is 0 Å². The lowest BCUT2D eigenvalue weighted by Gasteiger charge is -2.31. The maximum Gasteiger partial charge on any atom is 0.244 e. The largest absolute Gasteiger partial charge is 0.324 e. The maximum absolute atomic E-state index is 12.5. The van der Waals surface area contributed by atoms with Crippen LogP contribution in [0.5, 0.6) is 0 Å². The molecule has 0 spiro atoms. The Labute approximate surface area is 136 Å². The second-order valence-electron chi connectivity index (χ2n) is 6.24. The van der Waals surface area contributed by atoms with Gasteiger partial charge in [0, 0.05) is 17.4 Å². The molecule has 1 aromatic carbocycles. The van der Waals surface area contributed by atoms with Crippen molar-refractivity contribution < 1.29 is 4.79 Å². The molecule has 1 heterocycles. The first-order chi connectivity index (χ1) is 11.1. The molecule has 0 atom stereocenters. The van der Waals surface area contributed by atoms with Crippen molar-refractivity contribution in [3.05, 3.63) is 42.4 Å². The van der Waals surface area contributed by atoms with Crippen molar-refractivity contribution in [2.24, 2.45) is 5.73 Å². The molecule has 3 rings (SSSR count). The first-order valence-corrected chi connectivity index (χ1v) is 8.07. The molecule has 0 aliphatic heterocycles. The number of nitrogens with zero attached hydrogens (tertiary/aromatic N) is 2. The third-order valence-corrected chi connectivity index (χ3v) is 4.39. The Hall–Kier alpha value is -2.27. The third-order valence-electron chi connectivity index (χ3n) is 4.39. The molecule has 0 saturated heterocycles. The third kappa shape index (κ3) is 3.56. The first kappa shape index (κ1) is 15.6. The minimum Gasteiger partial charge on any atom is -0.324 e. The fourth-order valence-electron chi connectivity index (χ4n) is 3.04. The molecule has 1 amide bonds. The summed E-state index contributed by atoms with van der Waals surface area (Å²) in [6, 6.07) is 9.54. The van der Waals surface area contributed by atoms with Gasteiger partial charge in [0.15, 0.2) is 0 Å². The number of carbonyl (C=O) groups excluding carboxylic acids is 1. The number of carbonyl (C=O) groups is 1. The predicted molar refractivity (Wildman–Crippen MR) is 90.8 cm³/mol. The van der Waals surface area contributed by atoms with Crippen LogP contribution in [-0.4, -0.2) is 21.4 Å². The molecule has 1 fully saturated rings. The summed E-state index contributed by atoms with van der Waals surface area (Å²) in [6.07, 6.45) is 6.44. The standard InChI is InChI=1S/C18H22N4O/c1-13-20-11-8-16(21-13)14-6-5-7-15(12-14)22-17(23)18(19)9-3-2-4-10-18/h5-8,11-12H,2-4,9-10,19H2,1H3,(H,22,23). The van der Waals surface area contributed by atoms with E-state index in [-0.39, 0.29) is 5.91 Å². The van der Waals surface area contributed by atoms with E-state index in [4.69, 9.17) is 5.73 Å². The van der Waals surface area contributed by atoms with Gasteiger partial charge < -0.3 is 11.1 Å². The molecule has 0 unspecified atom stereocenters. The van der Waals surface area contributed by atoms with Crippen LogP contribution in [0, 0.1) is 6.92 Å². The number of benzene rings is 1. The van der Waals surface area contributed by atoms with Gasteiger partial charge in [-0.2, -0.15) is 0 Å². The molecule has 5 nitrogen and oxygen atoms in total. The van der Waals surface area contributed by atoms with Gasteiger partial charge in [-0.1, -0.05) is 31.4 Å². The number of aromatic nitrogens is 2. The Balaban J connectivity index is 1.79. The van der Waals surface area contributed by atoms with Crippen LogP contribution in [-0.2, 0) is 4.79 Å². The number of nitrogens with one attached hydrogen (secondary N) is 1. The molecule has 1 aliphatic carbocycles. The summed E-state index contributed by atoms with van der Waals surface area (Å²) in [5.41, 5.74) is 8.09. The molecule has 3 N–H and O–H groups in total. The van der Waals surface area contributed by atoms with Crippen LogP contribution in [0.2, 0.25) is 0 Å². The summed E-state index contributed by atoms with van der Waals surface area (Å²) in [7, 11) is 0. The highest BCUT2D eigenvalue weighted by Crippen LogP contribution is 2.28. The van der Waals surface area contributed by atoms with Gasteiger partial charge >= 0.3 is 0 Å². The van der Waals surface area contributed by atoms with E-state index < -0.39 is 5.54 Å². The molecular formula is C18H22N4O. The topological polar surface area (TPSA) is 80.9 Å². The normalized spacial score (nSPS) is 16.8. The number of anilines is 1. The molecule has 1 saturated carbocycles. The highest BCUT2D eigenvalue weighted by molar-refractivity contribution is 5.98. The van der Waals surface area contributed by atoms with Crippen molar-refractivity contribution in [2.45, 2.75) is 44.6 Å². The van der Waals surface area contributed by atoms with Crippen molar-refractivity contribution in [1.29, 1.82) is 0 Å². The van der Waals surface area contributed by atoms with E-state index in [9.17, 15) is 4.79 Å². The SMILES string of the molecule is Cc1nccc(-c2cccc(NC(=O)C3(N)CCCCC3)c2)n1. The molecule has 1 aliphatic rings. The highest BCUT2D eigenvalue weighted by Gasteiger charge is 2.35. The van der Waals surface area contributed by atoms with Crippen LogP contribution in [0.3, 0.4) is 0 Å². The van der Waals surface area contributed by atoms with Crippen molar-refractivity contribution in [3.63, 3.8) is 0 Å². The number of amides is 1. The summed E-state index contributed by atoms with van der Waals surface area (Å²) < 4.78 is 0. The van der Waals surface area contributed by atoms with Crippen LogP contribution < -0.4 is 11.1 Å². The highest BCUT2D eigenvalue weighted by atomic mass is 16.2. The Morgan fingerprint density at radius 3 is 2.74 bits per heavy atom. The van der Waals surface area contributed by atoms with Crippen LogP contribution >= 0.6 is 0 Å². The fraction of sp³-hybridized carbons (Fsp3) is 0.389. The zero-order valence-electron chi connectivity index (χ0n) is 13.4. The smallest absolute Gasteiger partial charge is 0.244 e. The zero-order chi connectivity index (χ0) is 16.3. The molecule has 0 bridgehead atoms. The van der Waals surface area contributed by atoms with Gasteiger partial charge in [0.1, 0.15) is 5.82 Å². The van der Waals surface area contributed by atoms with Gasteiger partial charge in [-0.25, -0.2) is 9.97 Å². The lowest BCUT2D eigenvalue weighted by Crippen LogP contribution is -2.52.